The maximum atomic E-state index is 6.27. The first-order chi connectivity index (χ1) is 7.99. The Labute approximate surface area is 114 Å². The molecule has 17 heavy (non-hydrogen) atoms. The van der Waals surface area contributed by atoms with Crippen LogP contribution in [0.4, 0.5) is 0 Å². The van der Waals surface area contributed by atoms with Crippen LogP contribution in [-0.4, -0.2) is 11.8 Å². The van der Waals surface area contributed by atoms with Crippen LogP contribution in [0.2, 0.25) is 5.02 Å². The van der Waals surface area contributed by atoms with E-state index in [0.717, 1.165) is 18.1 Å². The molecule has 0 aliphatic rings. The first-order valence-corrected chi connectivity index (χ1v) is 7.40. The molecule has 1 aromatic rings. The molecule has 1 nitrogen and oxygen atoms in total. The minimum atomic E-state index is 0.594. The van der Waals surface area contributed by atoms with Crippen LogP contribution in [0.25, 0.3) is 0 Å². The molecular weight excluding hydrogens is 250 g/mol. The number of hydrogen-bond donors (Lipinski definition) is 1. The Hall–Kier alpha value is -0.180. The van der Waals surface area contributed by atoms with Crippen LogP contribution in [0.1, 0.15) is 33.3 Å². The Morgan fingerprint density at radius 3 is 2.47 bits per heavy atom. The van der Waals surface area contributed by atoms with Gasteiger partial charge in [0, 0.05) is 21.7 Å². The number of thioether (sulfide) groups is 1. The average Bonchev–Trinajstić information content (AvgIpc) is 2.20. The molecule has 3 heteroatoms. The minimum Gasteiger partial charge on any atom is -0.312 e. The fourth-order valence-electron chi connectivity index (χ4n) is 1.51. The lowest BCUT2D eigenvalue weighted by molar-refractivity contribution is 0.552. The smallest absolute Gasteiger partial charge is 0.0462 e. The number of hydrogen-bond acceptors (Lipinski definition) is 2. The van der Waals surface area contributed by atoms with Gasteiger partial charge in [-0.05, 0) is 30.2 Å². The maximum Gasteiger partial charge on any atom is 0.0462 e. The van der Waals surface area contributed by atoms with Gasteiger partial charge in [0.15, 0.2) is 0 Å². The third-order valence-electron chi connectivity index (χ3n) is 2.26. The molecule has 1 aromatic carbocycles. The minimum absolute atomic E-state index is 0.594. The van der Waals surface area contributed by atoms with E-state index in [9.17, 15) is 0 Å². The second-order valence-electron chi connectivity index (χ2n) is 4.94. The molecule has 0 amide bonds. The van der Waals surface area contributed by atoms with E-state index in [1.807, 2.05) is 11.8 Å². The van der Waals surface area contributed by atoms with E-state index in [-0.39, 0.29) is 0 Å². The molecule has 0 unspecified atom stereocenters. The predicted molar refractivity (Wildman–Crippen MR) is 79.0 cm³/mol. The fourth-order valence-corrected chi connectivity index (χ4v) is 2.70. The van der Waals surface area contributed by atoms with Crippen molar-refractivity contribution in [2.75, 3.05) is 6.54 Å². The Bertz CT molecular complexity index is 350. The molecule has 0 radical (unpaired) electrons. The van der Waals surface area contributed by atoms with Gasteiger partial charge in [-0.2, -0.15) is 0 Å². The molecule has 0 saturated heterocycles. The summed E-state index contributed by atoms with van der Waals surface area (Å²) in [6, 6.07) is 6.35. The van der Waals surface area contributed by atoms with Crippen molar-refractivity contribution in [1.29, 1.82) is 0 Å². The highest BCUT2D eigenvalue weighted by Gasteiger charge is 2.04. The second kappa shape index (κ2) is 7.30. The van der Waals surface area contributed by atoms with Gasteiger partial charge in [-0.15, -0.1) is 11.8 Å². The SMILES string of the molecule is CC(C)CNCc1ccc(SC(C)C)cc1Cl. The van der Waals surface area contributed by atoms with Crippen molar-refractivity contribution in [3.63, 3.8) is 0 Å². The van der Waals surface area contributed by atoms with Crippen LogP contribution >= 0.6 is 23.4 Å². The van der Waals surface area contributed by atoms with Crippen LogP contribution in [-0.2, 0) is 6.54 Å². The van der Waals surface area contributed by atoms with Crippen molar-refractivity contribution < 1.29 is 0 Å². The first kappa shape index (κ1) is 14.9. The van der Waals surface area contributed by atoms with E-state index in [1.165, 1.54) is 10.5 Å². The summed E-state index contributed by atoms with van der Waals surface area (Å²) in [4.78, 5) is 1.25. The van der Waals surface area contributed by atoms with Crippen LogP contribution in [0, 0.1) is 5.92 Å². The predicted octanol–water partition coefficient (Wildman–Crippen LogP) is 4.59. The third-order valence-corrected chi connectivity index (χ3v) is 3.61. The average molecular weight is 272 g/mol. The van der Waals surface area contributed by atoms with E-state index in [2.05, 4.69) is 51.2 Å². The van der Waals surface area contributed by atoms with E-state index < -0.39 is 0 Å². The lowest BCUT2D eigenvalue weighted by Gasteiger charge is -2.11. The zero-order chi connectivity index (χ0) is 12.8. The lowest BCUT2D eigenvalue weighted by atomic mass is 10.2. The molecule has 1 rings (SSSR count). The molecule has 0 aliphatic carbocycles. The van der Waals surface area contributed by atoms with Gasteiger partial charge in [0.1, 0.15) is 0 Å². The zero-order valence-corrected chi connectivity index (χ0v) is 12.7. The largest absolute Gasteiger partial charge is 0.312 e. The Balaban J connectivity index is 2.57. The third kappa shape index (κ3) is 5.80. The van der Waals surface area contributed by atoms with Crippen molar-refractivity contribution in [2.24, 2.45) is 5.92 Å². The zero-order valence-electron chi connectivity index (χ0n) is 11.1. The van der Waals surface area contributed by atoms with E-state index >= 15 is 0 Å². The van der Waals surface area contributed by atoms with Crippen LogP contribution < -0.4 is 5.32 Å². The molecule has 0 saturated carbocycles. The van der Waals surface area contributed by atoms with Crippen molar-refractivity contribution in [3.8, 4) is 0 Å². The number of rotatable bonds is 6. The highest BCUT2D eigenvalue weighted by molar-refractivity contribution is 7.99. The summed E-state index contributed by atoms with van der Waals surface area (Å²) in [6.45, 7) is 10.7. The monoisotopic (exact) mass is 271 g/mol. The lowest BCUT2D eigenvalue weighted by Crippen LogP contribution is -2.19. The van der Waals surface area contributed by atoms with Gasteiger partial charge in [0.25, 0.3) is 0 Å². The van der Waals surface area contributed by atoms with Crippen LogP contribution in [0.5, 0.6) is 0 Å². The standard InChI is InChI=1S/C14H22ClNS/c1-10(2)8-16-9-12-5-6-13(7-14(12)15)17-11(3)4/h5-7,10-11,16H,8-9H2,1-4H3. The van der Waals surface area contributed by atoms with Crippen LogP contribution in [0.3, 0.4) is 0 Å². The van der Waals surface area contributed by atoms with Gasteiger partial charge in [-0.25, -0.2) is 0 Å². The molecule has 0 heterocycles. The topological polar surface area (TPSA) is 12.0 Å². The van der Waals surface area contributed by atoms with Crippen molar-refractivity contribution in [3.05, 3.63) is 28.8 Å². The summed E-state index contributed by atoms with van der Waals surface area (Å²) < 4.78 is 0. The Kier molecular flexibility index (Phi) is 6.39. The van der Waals surface area contributed by atoms with Gasteiger partial charge in [-0.1, -0.05) is 45.4 Å². The highest BCUT2D eigenvalue weighted by atomic mass is 35.5. The van der Waals surface area contributed by atoms with E-state index in [1.54, 1.807) is 0 Å². The highest BCUT2D eigenvalue weighted by Crippen LogP contribution is 2.27. The van der Waals surface area contributed by atoms with Gasteiger partial charge in [-0.3, -0.25) is 0 Å². The van der Waals surface area contributed by atoms with E-state index in [4.69, 9.17) is 11.6 Å². The summed E-state index contributed by atoms with van der Waals surface area (Å²) in [5, 5.41) is 4.87. The number of halogens is 1. The fraction of sp³-hybridized carbons (Fsp3) is 0.571. The van der Waals surface area contributed by atoms with Gasteiger partial charge in [0.05, 0.1) is 0 Å². The molecule has 96 valence electrons. The molecular formula is C14H22ClNS. The van der Waals surface area contributed by atoms with Crippen molar-refractivity contribution in [1.82, 2.24) is 5.32 Å². The summed E-state index contributed by atoms with van der Waals surface area (Å²) in [7, 11) is 0. The molecule has 0 spiro atoms. The van der Waals surface area contributed by atoms with Crippen LogP contribution in [0.15, 0.2) is 23.1 Å². The number of benzene rings is 1. The second-order valence-corrected chi connectivity index (χ2v) is 7.00. The van der Waals surface area contributed by atoms with Crippen molar-refractivity contribution in [2.45, 2.75) is 44.4 Å². The Morgan fingerprint density at radius 1 is 1.24 bits per heavy atom. The Morgan fingerprint density at radius 2 is 1.94 bits per heavy atom. The molecule has 0 aliphatic heterocycles. The molecule has 0 aromatic heterocycles. The van der Waals surface area contributed by atoms with E-state index in [0.29, 0.717) is 11.2 Å². The summed E-state index contributed by atoms with van der Waals surface area (Å²) in [5.74, 6) is 0.671. The normalized spacial score (nSPS) is 11.5. The molecule has 0 bridgehead atoms. The summed E-state index contributed by atoms with van der Waals surface area (Å²) >= 11 is 8.12. The van der Waals surface area contributed by atoms with Gasteiger partial charge < -0.3 is 5.32 Å². The number of nitrogens with one attached hydrogen (secondary N) is 1. The molecule has 0 atom stereocenters. The summed E-state index contributed by atoms with van der Waals surface area (Å²) in [5.41, 5.74) is 1.18. The molecule has 1 N–H and O–H groups in total. The summed E-state index contributed by atoms with van der Waals surface area (Å²) in [6.07, 6.45) is 0. The first-order valence-electron chi connectivity index (χ1n) is 6.15. The van der Waals surface area contributed by atoms with Crippen molar-refractivity contribution >= 4 is 23.4 Å². The quantitative estimate of drug-likeness (QED) is 0.760. The van der Waals surface area contributed by atoms with Gasteiger partial charge in [0.2, 0.25) is 0 Å². The van der Waals surface area contributed by atoms with Gasteiger partial charge >= 0.3 is 0 Å². The molecule has 0 fully saturated rings. The maximum absolute atomic E-state index is 6.27.